The predicted octanol–water partition coefficient (Wildman–Crippen LogP) is 2.42. The maximum atomic E-state index is 4.50. The average Bonchev–Trinajstić information content (AvgIpc) is 1.36. The second kappa shape index (κ2) is 11.1. The molecule has 0 heterocycles. The number of nitrogens with two attached hydrogens (primary N) is 1. The molecule has 0 aliphatic rings. The van der Waals surface area contributed by atoms with Crippen LogP contribution < -0.4 is 5.73 Å². The first-order valence-electron chi connectivity index (χ1n) is 1.33. The van der Waals surface area contributed by atoms with Gasteiger partial charge in [0.1, 0.15) is 0 Å². The molecule has 0 radical (unpaired) electrons. The van der Waals surface area contributed by atoms with Gasteiger partial charge >= 0.3 is 97.2 Å². The molecular formula is CH7Br4CaNPb. The third kappa shape index (κ3) is 50.1. The Morgan fingerprint density at radius 2 is 1.12 bits per heavy atom. The molecule has 0 saturated heterocycles. The summed E-state index contributed by atoms with van der Waals surface area (Å²) in [7, 11) is 1.50. The van der Waals surface area contributed by atoms with Crippen LogP contribution in [0.15, 0.2) is 0 Å². The summed E-state index contributed by atoms with van der Waals surface area (Å²) >= 11 is 11.4. The number of rotatable bonds is 0. The second-order valence-electron chi connectivity index (χ2n) is 0.429. The smallest absolute Gasteiger partial charge is 1.00 e. The Morgan fingerprint density at radius 3 is 1.12 bits per heavy atom. The SMILES string of the molecule is CN.[Br][Pb]([Br])([Br])[Br].[Ca+2].[H-].[H-]. The van der Waals surface area contributed by atoms with Crippen LogP contribution in [0.25, 0.3) is 0 Å². The normalized spacial score (nSPS) is 8.25. The molecule has 8 heavy (non-hydrogen) atoms. The molecule has 0 aromatic rings. The second-order valence-corrected chi connectivity index (χ2v) is 102. The van der Waals surface area contributed by atoms with Gasteiger partial charge in [0.25, 0.3) is 0 Å². The molecule has 2 N–H and O–H groups in total. The fourth-order valence-corrected chi connectivity index (χ4v) is 0. The molecule has 0 bridgehead atoms. The Bertz CT molecular complexity index is 38.7. The quantitative estimate of drug-likeness (QED) is 0.426. The van der Waals surface area contributed by atoms with Crippen LogP contribution in [0, 0.1) is 0 Å². The van der Waals surface area contributed by atoms with Crippen molar-refractivity contribution in [3.63, 3.8) is 0 Å². The van der Waals surface area contributed by atoms with Crippen LogP contribution in [-0.2, 0) is 0 Å². The van der Waals surface area contributed by atoms with E-state index in [0.29, 0.717) is 0 Å². The summed E-state index contributed by atoms with van der Waals surface area (Å²) < 4.78 is 0. The molecule has 50 valence electrons. The molecule has 0 aliphatic carbocycles. The summed E-state index contributed by atoms with van der Waals surface area (Å²) in [5, 5.41) is 0. The topological polar surface area (TPSA) is 26.0 Å². The third-order valence-corrected chi connectivity index (χ3v) is 0. The van der Waals surface area contributed by atoms with Crippen molar-refractivity contribution in [1.29, 1.82) is 0 Å². The van der Waals surface area contributed by atoms with E-state index in [-0.39, 0.29) is 40.6 Å². The van der Waals surface area contributed by atoms with Gasteiger partial charge < -0.3 is 8.59 Å². The van der Waals surface area contributed by atoms with Crippen LogP contribution in [0.2, 0.25) is 0 Å². The molecule has 0 spiro atoms. The molecule has 0 saturated carbocycles. The van der Waals surface area contributed by atoms with Crippen molar-refractivity contribution >= 4 is 97.2 Å². The zero-order valence-corrected chi connectivity index (χ0v) is 16.7. The molecule has 0 aromatic carbocycles. The molecule has 0 atom stereocenters. The summed E-state index contributed by atoms with van der Waals surface area (Å²) in [5.74, 6) is 0. The molecule has 0 rings (SSSR count). The van der Waals surface area contributed by atoms with Gasteiger partial charge in [-0.3, -0.25) is 0 Å². The molecule has 0 aromatic heterocycles. The van der Waals surface area contributed by atoms with Crippen molar-refractivity contribution in [2.45, 2.75) is 0 Å². The average molecular weight is 600 g/mol. The molecule has 0 fully saturated rings. The van der Waals surface area contributed by atoms with E-state index in [9.17, 15) is 0 Å². The van der Waals surface area contributed by atoms with Crippen molar-refractivity contribution in [1.82, 2.24) is 0 Å². The van der Waals surface area contributed by atoms with Gasteiger partial charge in [0.05, 0.1) is 0 Å². The summed E-state index contributed by atoms with van der Waals surface area (Å²) in [5.41, 5.74) is 4.50. The van der Waals surface area contributed by atoms with Crippen molar-refractivity contribution in [3.8, 4) is 0 Å². The summed E-state index contributed by atoms with van der Waals surface area (Å²) in [4.78, 5) is 0. The van der Waals surface area contributed by atoms with Gasteiger partial charge in [0.2, 0.25) is 0 Å². The Labute approximate surface area is 110 Å². The van der Waals surface area contributed by atoms with Crippen LogP contribution in [-0.4, -0.2) is 56.3 Å². The van der Waals surface area contributed by atoms with Crippen LogP contribution in [0.3, 0.4) is 0 Å². The van der Waals surface area contributed by atoms with Gasteiger partial charge in [-0.1, -0.05) is 0 Å². The maximum Gasteiger partial charge on any atom is 2.00 e. The summed E-state index contributed by atoms with van der Waals surface area (Å²) in [6.07, 6.45) is 0. The van der Waals surface area contributed by atoms with E-state index in [0.717, 1.165) is 0 Å². The minimum absolute atomic E-state index is 0. The van der Waals surface area contributed by atoms with E-state index < -0.39 is 11.5 Å². The fraction of sp³-hybridized carbons (Fsp3) is 1.00. The maximum absolute atomic E-state index is 4.50. The van der Waals surface area contributed by atoms with Crippen molar-refractivity contribution in [3.05, 3.63) is 0 Å². The van der Waals surface area contributed by atoms with E-state index in [1.165, 1.54) is 7.05 Å². The van der Waals surface area contributed by atoms with Crippen LogP contribution in [0.5, 0.6) is 0 Å². The summed E-state index contributed by atoms with van der Waals surface area (Å²) in [6, 6.07) is 0. The standard InChI is InChI=1S/CH5N.4BrH.Ca.Pb.2H/c1-2;;;;;;;;/h2H2,1H3;4*1H;;;;/q;;;;;+2;+4;2*-1/p-4. The number of hydrogen-bond donors (Lipinski definition) is 1. The Morgan fingerprint density at radius 1 is 1.12 bits per heavy atom. The van der Waals surface area contributed by atoms with Crippen molar-refractivity contribution in [2.24, 2.45) is 5.73 Å². The molecular weight excluding hydrogens is 593 g/mol. The van der Waals surface area contributed by atoms with E-state index in [1.807, 2.05) is 0 Å². The monoisotopic (exact) mass is 597 g/mol. The Hall–Kier alpha value is 4.06. The number of hydrogen-bond acceptors (Lipinski definition) is 1. The van der Waals surface area contributed by atoms with E-state index in [1.54, 1.807) is 0 Å². The predicted molar refractivity (Wildman–Crippen MR) is 59.6 cm³/mol. The van der Waals surface area contributed by atoms with Crippen molar-refractivity contribution < 1.29 is 2.85 Å². The zero-order chi connectivity index (χ0) is 6.50. The Balaban J connectivity index is -0.0000000154. The van der Waals surface area contributed by atoms with Crippen LogP contribution in [0.1, 0.15) is 2.85 Å². The first-order valence-corrected chi connectivity index (χ1v) is 35.0. The first-order chi connectivity index (χ1) is 3.00. The van der Waals surface area contributed by atoms with Gasteiger partial charge in [-0.2, -0.15) is 0 Å². The van der Waals surface area contributed by atoms with E-state index >= 15 is 0 Å². The number of halogens is 4. The largest absolute Gasteiger partial charge is 2.00 e. The fourth-order valence-electron chi connectivity index (χ4n) is 0. The Kier molecular flexibility index (Phi) is 24.9. The van der Waals surface area contributed by atoms with Crippen LogP contribution >= 0.6 is 47.9 Å². The van der Waals surface area contributed by atoms with Gasteiger partial charge in [-0.15, -0.1) is 0 Å². The summed E-state index contributed by atoms with van der Waals surface area (Å²) in [6.45, 7) is 0. The third-order valence-electron chi connectivity index (χ3n) is 0. The van der Waals surface area contributed by atoms with Crippen LogP contribution in [0.4, 0.5) is 0 Å². The van der Waals surface area contributed by atoms with Gasteiger partial charge in [-0.25, -0.2) is 0 Å². The van der Waals surface area contributed by atoms with Gasteiger partial charge in [0.15, 0.2) is 0 Å². The van der Waals surface area contributed by atoms with E-state index in [2.05, 4.69) is 53.7 Å². The zero-order valence-electron chi connectivity index (χ0n) is 6.30. The molecule has 7 heteroatoms. The molecule has 0 aliphatic heterocycles. The first kappa shape index (κ1) is 18.0. The van der Waals surface area contributed by atoms with E-state index in [4.69, 9.17) is 0 Å². The minimum atomic E-state index is -2.03. The molecule has 1 nitrogen and oxygen atoms in total. The van der Waals surface area contributed by atoms with Gasteiger partial charge in [-0.05, 0) is 7.05 Å². The molecule has 0 unspecified atom stereocenters. The van der Waals surface area contributed by atoms with Crippen molar-refractivity contribution in [2.75, 3.05) is 7.05 Å². The van der Waals surface area contributed by atoms with Gasteiger partial charge in [0, 0.05) is 0 Å². The molecule has 0 amide bonds. The minimum Gasteiger partial charge on any atom is -1.00 e.